The van der Waals surface area contributed by atoms with Gasteiger partial charge in [-0.2, -0.15) is 0 Å². The summed E-state index contributed by atoms with van der Waals surface area (Å²) in [5, 5.41) is 2.13. The van der Waals surface area contributed by atoms with E-state index in [-0.39, 0.29) is 21.8 Å². The van der Waals surface area contributed by atoms with Crippen molar-refractivity contribution in [1.29, 1.82) is 0 Å². The Morgan fingerprint density at radius 2 is 1.77 bits per heavy atom. The summed E-state index contributed by atoms with van der Waals surface area (Å²) in [6, 6.07) is 6.18. The molecule has 0 saturated carbocycles. The standard InChI is InChI=1S/C18H29NO5S2/c1-18(2,3)14-6-8-15(9-7-14)26(22,23)17-13-25(20,21)12-16(17)19-10-5-11-24-4/h6-9,16-17,19H,5,10-13H2,1-4H3/t16-,17-/m0/s1. The lowest BCUT2D eigenvalue weighted by molar-refractivity contribution is 0.193. The third-order valence-corrected chi connectivity index (χ3v) is 8.85. The zero-order valence-corrected chi connectivity index (χ0v) is 17.5. The van der Waals surface area contributed by atoms with E-state index < -0.39 is 31.0 Å². The molecule has 2 rings (SSSR count). The molecule has 1 aromatic carbocycles. The highest BCUT2D eigenvalue weighted by Crippen LogP contribution is 2.28. The van der Waals surface area contributed by atoms with Crippen molar-refractivity contribution in [2.75, 3.05) is 31.8 Å². The van der Waals surface area contributed by atoms with Crippen LogP contribution in [0.2, 0.25) is 0 Å². The second-order valence-electron chi connectivity index (χ2n) is 7.84. The molecule has 26 heavy (non-hydrogen) atoms. The van der Waals surface area contributed by atoms with Crippen LogP contribution in [0.3, 0.4) is 0 Å². The zero-order chi connectivity index (χ0) is 19.6. The van der Waals surface area contributed by atoms with Gasteiger partial charge >= 0.3 is 0 Å². The number of benzene rings is 1. The number of ether oxygens (including phenoxy) is 1. The first-order valence-electron chi connectivity index (χ1n) is 8.74. The van der Waals surface area contributed by atoms with Gasteiger partial charge in [0.05, 0.1) is 21.7 Å². The van der Waals surface area contributed by atoms with Crippen LogP contribution in [0.5, 0.6) is 0 Å². The van der Waals surface area contributed by atoms with E-state index in [9.17, 15) is 16.8 Å². The molecule has 1 N–H and O–H groups in total. The van der Waals surface area contributed by atoms with Gasteiger partial charge in [-0.05, 0) is 36.1 Å². The van der Waals surface area contributed by atoms with Crippen LogP contribution in [0.25, 0.3) is 0 Å². The Bertz CT molecular complexity index is 808. The number of hydrogen-bond donors (Lipinski definition) is 1. The van der Waals surface area contributed by atoms with Crippen molar-refractivity contribution in [3.8, 4) is 0 Å². The molecule has 148 valence electrons. The number of sulfone groups is 2. The van der Waals surface area contributed by atoms with Crippen LogP contribution in [-0.4, -0.2) is 59.9 Å². The van der Waals surface area contributed by atoms with Gasteiger partial charge in [0.1, 0.15) is 0 Å². The third kappa shape index (κ3) is 5.06. The van der Waals surface area contributed by atoms with Gasteiger partial charge in [0.25, 0.3) is 0 Å². The molecule has 1 fully saturated rings. The van der Waals surface area contributed by atoms with Gasteiger partial charge in [0, 0.05) is 19.8 Å². The van der Waals surface area contributed by atoms with E-state index in [0.717, 1.165) is 5.56 Å². The first-order chi connectivity index (χ1) is 12.0. The SMILES string of the molecule is COCCCN[C@H]1CS(=O)(=O)C[C@@H]1S(=O)(=O)c1ccc(C(C)(C)C)cc1. The highest BCUT2D eigenvalue weighted by atomic mass is 32.2. The van der Waals surface area contributed by atoms with Crippen molar-refractivity contribution in [2.45, 2.75) is 48.8 Å². The predicted molar refractivity (Wildman–Crippen MR) is 103 cm³/mol. The molecule has 0 aliphatic carbocycles. The maximum absolute atomic E-state index is 13.1. The van der Waals surface area contributed by atoms with Gasteiger partial charge in [0.2, 0.25) is 0 Å². The molecule has 0 spiro atoms. The molecule has 1 aliphatic heterocycles. The van der Waals surface area contributed by atoms with Crippen molar-refractivity contribution in [3.05, 3.63) is 29.8 Å². The molecule has 1 aliphatic rings. The quantitative estimate of drug-likeness (QED) is 0.695. The Kier molecular flexibility index (Phi) is 6.53. The summed E-state index contributed by atoms with van der Waals surface area (Å²) >= 11 is 0. The lowest BCUT2D eigenvalue weighted by Crippen LogP contribution is -2.43. The van der Waals surface area contributed by atoms with Crippen molar-refractivity contribution < 1.29 is 21.6 Å². The lowest BCUT2D eigenvalue weighted by Gasteiger charge is -2.22. The fourth-order valence-electron chi connectivity index (χ4n) is 3.13. The number of rotatable bonds is 7. The minimum atomic E-state index is -3.74. The summed E-state index contributed by atoms with van der Waals surface area (Å²) in [4.78, 5) is 0.177. The van der Waals surface area contributed by atoms with Crippen LogP contribution in [0.4, 0.5) is 0 Å². The van der Waals surface area contributed by atoms with Gasteiger partial charge < -0.3 is 10.1 Å². The van der Waals surface area contributed by atoms with Crippen LogP contribution in [0, 0.1) is 0 Å². The molecule has 0 radical (unpaired) electrons. The Labute approximate surface area is 157 Å². The molecule has 2 atom stereocenters. The largest absolute Gasteiger partial charge is 0.385 e. The van der Waals surface area contributed by atoms with Crippen molar-refractivity contribution in [2.24, 2.45) is 0 Å². The smallest absolute Gasteiger partial charge is 0.183 e. The predicted octanol–water partition coefficient (Wildman–Crippen LogP) is 1.55. The molecular formula is C18H29NO5S2. The Balaban J connectivity index is 2.24. The van der Waals surface area contributed by atoms with E-state index >= 15 is 0 Å². The molecule has 8 heteroatoms. The van der Waals surface area contributed by atoms with Crippen LogP contribution >= 0.6 is 0 Å². The van der Waals surface area contributed by atoms with Gasteiger partial charge in [-0.25, -0.2) is 16.8 Å². The van der Waals surface area contributed by atoms with E-state index in [0.29, 0.717) is 19.6 Å². The van der Waals surface area contributed by atoms with Gasteiger partial charge in [0.15, 0.2) is 19.7 Å². The van der Waals surface area contributed by atoms with Crippen LogP contribution in [-0.2, 0) is 29.8 Å². The highest BCUT2D eigenvalue weighted by Gasteiger charge is 2.45. The Morgan fingerprint density at radius 3 is 2.31 bits per heavy atom. The summed E-state index contributed by atoms with van der Waals surface area (Å²) < 4.78 is 55.2. The fraction of sp³-hybridized carbons (Fsp3) is 0.667. The van der Waals surface area contributed by atoms with Crippen molar-refractivity contribution >= 4 is 19.7 Å². The summed E-state index contributed by atoms with van der Waals surface area (Å²) in [6.07, 6.45) is 0.695. The molecule has 0 unspecified atom stereocenters. The Morgan fingerprint density at radius 1 is 1.15 bits per heavy atom. The first kappa shape index (κ1) is 21.3. The average Bonchev–Trinajstić information content (AvgIpc) is 2.86. The summed E-state index contributed by atoms with van der Waals surface area (Å²) in [6.45, 7) is 7.22. The number of hydrogen-bond acceptors (Lipinski definition) is 6. The second-order valence-corrected chi connectivity index (χ2v) is 12.2. The highest BCUT2D eigenvalue weighted by molar-refractivity contribution is 7.96. The van der Waals surface area contributed by atoms with Gasteiger partial charge in [-0.15, -0.1) is 0 Å². The lowest BCUT2D eigenvalue weighted by atomic mass is 9.87. The second kappa shape index (κ2) is 7.96. The number of nitrogens with one attached hydrogen (secondary N) is 1. The van der Waals surface area contributed by atoms with E-state index in [1.165, 1.54) is 0 Å². The van der Waals surface area contributed by atoms with Crippen LogP contribution in [0.15, 0.2) is 29.2 Å². The normalized spacial score (nSPS) is 23.2. The van der Waals surface area contributed by atoms with E-state index in [1.807, 2.05) is 0 Å². The monoisotopic (exact) mass is 403 g/mol. The molecular weight excluding hydrogens is 374 g/mol. The Hall–Kier alpha value is -0.960. The molecule has 1 heterocycles. The minimum absolute atomic E-state index is 0.0789. The fourth-order valence-corrected chi connectivity index (χ4v) is 7.85. The van der Waals surface area contributed by atoms with E-state index in [2.05, 4.69) is 26.1 Å². The molecule has 1 saturated heterocycles. The molecule has 1 aromatic rings. The maximum atomic E-state index is 13.1. The summed E-state index contributed by atoms with van der Waals surface area (Å²) in [5.74, 6) is -0.484. The van der Waals surface area contributed by atoms with E-state index in [4.69, 9.17) is 4.74 Å². The molecule has 0 amide bonds. The van der Waals surface area contributed by atoms with Crippen molar-refractivity contribution in [1.82, 2.24) is 5.32 Å². The third-order valence-electron chi connectivity index (χ3n) is 4.68. The maximum Gasteiger partial charge on any atom is 0.183 e. The topological polar surface area (TPSA) is 89.5 Å². The molecule has 6 nitrogen and oxygen atoms in total. The first-order valence-corrected chi connectivity index (χ1v) is 12.1. The summed E-state index contributed by atoms with van der Waals surface area (Å²) in [7, 11) is -5.53. The zero-order valence-electron chi connectivity index (χ0n) is 15.9. The summed E-state index contributed by atoms with van der Waals surface area (Å²) in [5.41, 5.74) is 0.953. The molecule has 0 aromatic heterocycles. The van der Waals surface area contributed by atoms with Crippen molar-refractivity contribution in [3.63, 3.8) is 0 Å². The van der Waals surface area contributed by atoms with Gasteiger partial charge in [-0.3, -0.25) is 0 Å². The van der Waals surface area contributed by atoms with Crippen LogP contribution in [0.1, 0.15) is 32.8 Å². The van der Waals surface area contributed by atoms with E-state index in [1.54, 1.807) is 31.4 Å². The number of methoxy groups -OCH3 is 1. The molecule has 0 bridgehead atoms. The van der Waals surface area contributed by atoms with Gasteiger partial charge in [-0.1, -0.05) is 32.9 Å². The average molecular weight is 404 g/mol. The van der Waals surface area contributed by atoms with Crippen LogP contribution < -0.4 is 5.32 Å². The minimum Gasteiger partial charge on any atom is -0.385 e.